The van der Waals surface area contributed by atoms with Crippen LogP contribution >= 0.6 is 0 Å². The van der Waals surface area contributed by atoms with Gasteiger partial charge in [0.25, 0.3) is 5.91 Å². The zero-order valence-electron chi connectivity index (χ0n) is 17.4. The van der Waals surface area contributed by atoms with Crippen LogP contribution in [-0.4, -0.2) is 51.3 Å². The lowest BCUT2D eigenvalue weighted by Crippen LogP contribution is -2.40. The van der Waals surface area contributed by atoms with Gasteiger partial charge in [-0.3, -0.25) is 14.6 Å². The van der Waals surface area contributed by atoms with Gasteiger partial charge in [0.15, 0.2) is 0 Å². The molecule has 2 aromatic carbocycles. The molecule has 1 fully saturated rings. The third-order valence-corrected chi connectivity index (χ3v) is 5.25. The summed E-state index contributed by atoms with van der Waals surface area (Å²) in [5.74, 6) is -0.188. The number of aromatic nitrogens is 2. The van der Waals surface area contributed by atoms with E-state index >= 15 is 0 Å². The average Bonchev–Trinajstić information content (AvgIpc) is 3.29. The molecule has 0 bridgehead atoms. The van der Waals surface area contributed by atoms with Crippen molar-refractivity contribution in [3.05, 3.63) is 78.1 Å². The molecule has 1 aliphatic rings. The average molecular weight is 403 g/mol. The standard InChI is InChI=1S/C23H25N5O2/c1-17-9-11-21(12-10-17)28-18(2)22(29)26(23(28)30)16-25(3)14-19-13-24-27(15-19)20-7-5-4-6-8-20/h4-13,15,18H,14,16H2,1-3H3/t18-/m1/s1. The molecule has 3 aromatic rings. The molecule has 1 aliphatic heterocycles. The van der Waals surface area contributed by atoms with Crippen LogP contribution < -0.4 is 4.90 Å². The predicted molar refractivity (Wildman–Crippen MR) is 115 cm³/mol. The molecular formula is C23H25N5O2. The Labute approximate surface area is 176 Å². The molecule has 154 valence electrons. The number of aryl methyl sites for hydroxylation is 1. The molecule has 30 heavy (non-hydrogen) atoms. The number of hydrogen-bond acceptors (Lipinski definition) is 4. The van der Waals surface area contributed by atoms with Gasteiger partial charge in [-0.05, 0) is 45.2 Å². The van der Waals surface area contributed by atoms with Crippen molar-refractivity contribution in [2.24, 2.45) is 0 Å². The number of rotatable bonds is 6. The fourth-order valence-electron chi connectivity index (χ4n) is 3.66. The maximum Gasteiger partial charge on any atom is 0.333 e. The highest BCUT2D eigenvalue weighted by atomic mass is 16.2. The molecule has 3 amide bonds. The summed E-state index contributed by atoms with van der Waals surface area (Å²) in [7, 11) is 1.89. The first-order valence-corrected chi connectivity index (χ1v) is 9.93. The van der Waals surface area contributed by atoms with Gasteiger partial charge in [-0.15, -0.1) is 0 Å². The number of nitrogens with zero attached hydrogens (tertiary/aromatic N) is 5. The van der Waals surface area contributed by atoms with Gasteiger partial charge < -0.3 is 0 Å². The SMILES string of the molecule is Cc1ccc(N2C(=O)N(CN(C)Cc3cnn(-c4ccccc4)c3)C(=O)[C@H]2C)cc1. The second-order valence-electron chi connectivity index (χ2n) is 7.71. The monoisotopic (exact) mass is 403 g/mol. The van der Waals surface area contributed by atoms with E-state index in [1.807, 2.05) is 84.3 Å². The van der Waals surface area contributed by atoms with Gasteiger partial charge in [-0.25, -0.2) is 14.4 Å². The molecule has 0 unspecified atom stereocenters. The van der Waals surface area contributed by atoms with E-state index in [2.05, 4.69) is 5.10 Å². The van der Waals surface area contributed by atoms with Crippen LogP contribution in [-0.2, 0) is 11.3 Å². The lowest BCUT2D eigenvalue weighted by atomic mass is 10.2. The summed E-state index contributed by atoms with van der Waals surface area (Å²) in [6, 6.07) is 16.7. The first kappa shape index (κ1) is 19.8. The van der Waals surface area contributed by atoms with E-state index in [9.17, 15) is 9.59 Å². The van der Waals surface area contributed by atoms with Gasteiger partial charge in [0.1, 0.15) is 6.04 Å². The van der Waals surface area contributed by atoms with Gasteiger partial charge in [-0.2, -0.15) is 5.10 Å². The minimum Gasteiger partial charge on any atom is -0.284 e. The third kappa shape index (κ3) is 3.84. The molecule has 1 aromatic heterocycles. The molecule has 1 atom stereocenters. The van der Waals surface area contributed by atoms with Gasteiger partial charge in [-0.1, -0.05) is 35.9 Å². The Morgan fingerprint density at radius 1 is 1.00 bits per heavy atom. The molecule has 7 heteroatoms. The predicted octanol–water partition coefficient (Wildman–Crippen LogP) is 3.43. The summed E-state index contributed by atoms with van der Waals surface area (Å²) in [5.41, 5.74) is 3.83. The molecule has 0 saturated carbocycles. The zero-order chi connectivity index (χ0) is 21.3. The highest BCUT2D eigenvalue weighted by Gasteiger charge is 2.43. The summed E-state index contributed by atoms with van der Waals surface area (Å²) < 4.78 is 1.82. The van der Waals surface area contributed by atoms with Crippen molar-refractivity contribution in [1.82, 2.24) is 19.6 Å². The fraction of sp³-hybridized carbons (Fsp3) is 0.261. The van der Waals surface area contributed by atoms with Crippen LogP contribution in [0.3, 0.4) is 0 Å². The van der Waals surface area contributed by atoms with Crippen LogP contribution in [0.15, 0.2) is 67.0 Å². The lowest BCUT2D eigenvalue weighted by Gasteiger charge is -2.23. The van der Waals surface area contributed by atoms with Crippen LogP contribution in [0.25, 0.3) is 5.69 Å². The van der Waals surface area contributed by atoms with Crippen LogP contribution in [0, 0.1) is 6.92 Å². The Bertz CT molecular complexity index is 1040. The number of benzene rings is 2. The number of anilines is 1. The molecule has 0 radical (unpaired) electrons. The molecule has 7 nitrogen and oxygen atoms in total. The highest BCUT2D eigenvalue weighted by molar-refractivity contribution is 6.14. The lowest BCUT2D eigenvalue weighted by molar-refractivity contribution is -0.128. The summed E-state index contributed by atoms with van der Waals surface area (Å²) in [4.78, 5) is 30.5. The molecule has 0 spiro atoms. The summed E-state index contributed by atoms with van der Waals surface area (Å²) in [6.45, 7) is 4.55. The number of amides is 3. The van der Waals surface area contributed by atoms with E-state index in [0.717, 1.165) is 22.5 Å². The number of para-hydroxylation sites is 1. The number of imide groups is 1. The molecule has 2 heterocycles. The second-order valence-corrected chi connectivity index (χ2v) is 7.71. The van der Waals surface area contributed by atoms with Crippen molar-refractivity contribution in [3.63, 3.8) is 0 Å². The fourth-order valence-corrected chi connectivity index (χ4v) is 3.66. The third-order valence-electron chi connectivity index (χ3n) is 5.25. The minimum atomic E-state index is -0.519. The number of carbonyl (C=O) groups is 2. The van der Waals surface area contributed by atoms with E-state index in [1.54, 1.807) is 18.0 Å². The Balaban J connectivity index is 1.43. The second kappa shape index (κ2) is 8.12. The molecule has 0 aliphatic carbocycles. The van der Waals surface area contributed by atoms with Crippen molar-refractivity contribution in [3.8, 4) is 5.69 Å². The van der Waals surface area contributed by atoms with E-state index < -0.39 is 6.04 Å². The van der Waals surface area contributed by atoms with Crippen molar-refractivity contribution >= 4 is 17.6 Å². The first-order valence-electron chi connectivity index (χ1n) is 9.93. The van der Waals surface area contributed by atoms with Crippen molar-refractivity contribution in [2.75, 3.05) is 18.6 Å². The Morgan fingerprint density at radius 3 is 2.40 bits per heavy atom. The summed E-state index contributed by atoms with van der Waals surface area (Å²) >= 11 is 0. The van der Waals surface area contributed by atoms with Crippen molar-refractivity contribution in [2.45, 2.75) is 26.4 Å². The van der Waals surface area contributed by atoms with Crippen molar-refractivity contribution in [1.29, 1.82) is 0 Å². The normalized spacial score (nSPS) is 16.7. The number of urea groups is 1. The quantitative estimate of drug-likeness (QED) is 0.592. The van der Waals surface area contributed by atoms with Gasteiger partial charge in [0.2, 0.25) is 0 Å². The molecule has 1 saturated heterocycles. The van der Waals surface area contributed by atoms with Crippen LogP contribution in [0.2, 0.25) is 0 Å². The Morgan fingerprint density at radius 2 is 1.70 bits per heavy atom. The molecule has 0 N–H and O–H groups in total. The van der Waals surface area contributed by atoms with E-state index in [1.165, 1.54) is 4.90 Å². The summed E-state index contributed by atoms with van der Waals surface area (Å²) in [5, 5.41) is 4.41. The van der Waals surface area contributed by atoms with Crippen LogP contribution in [0.1, 0.15) is 18.1 Å². The first-order chi connectivity index (χ1) is 14.4. The number of hydrogen-bond donors (Lipinski definition) is 0. The van der Waals surface area contributed by atoms with Gasteiger partial charge >= 0.3 is 6.03 Å². The summed E-state index contributed by atoms with van der Waals surface area (Å²) in [6.07, 6.45) is 3.76. The van der Waals surface area contributed by atoms with Crippen LogP contribution in [0.5, 0.6) is 0 Å². The zero-order valence-corrected chi connectivity index (χ0v) is 17.4. The van der Waals surface area contributed by atoms with Gasteiger partial charge in [0, 0.05) is 24.0 Å². The topological polar surface area (TPSA) is 61.7 Å². The maximum absolute atomic E-state index is 13.0. The van der Waals surface area contributed by atoms with Crippen LogP contribution in [0.4, 0.5) is 10.5 Å². The highest BCUT2D eigenvalue weighted by Crippen LogP contribution is 2.26. The smallest absolute Gasteiger partial charge is 0.284 e. The maximum atomic E-state index is 13.0. The van der Waals surface area contributed by atoms with E-state index in [4.69, 9.17) is 0 Å². The molecule has 4 rings (SSSR count). The largest absolute Gasteiger partial charge is 0.333 e. The van der Waals surface area contributed by atoms with Gasteiger partial charge in [0.05, 0.1) is 18.6 Å². The van der Waals surface area contributed by atoms with Crippen molar-refractivity contribution < 1.29 is 9.59 Å². The van der Waals surface area contributed by atoms with E-state index in [0.29, 0.717) is 6.54 Å². The molecular weight excluding hydrogens is 378 g/mol. The van der Waals surface area contributed by atoms with E-state index in [-0.39, 0.29) is 18.6 Å². The Kier molecular flexibility index (Phi) is 5.37. The Hall–Kier alpha value is -3.45. The minimum absolute atomic E-state index is 0.188. The number of carbonyl (C=O) groups excluding carboxylic acids is 2.